The molecule has 1 aliphatic carbocycles. The third kappa shape index (κ3) is 4.89. The quantitative estimate of drug-likeness (QED) is 0.550. The van der Waals surface area contributed by atoms with Gasteiger partial charge in [-0.05, 0) is 38.3 Å². The molecule has 2 aromatic rings. The Bertz CT molecular complexity index is 1140. The lowest BCUT2D eigenvalue weighted by Gasteiger charge is -2.43. The van der Waals surface area contributed by atoms with E-state index in [1.807, 2.05) is 13.0 Å². The fourth-order valence-electron chi connectivity index (χ4n) is 5.00. The van der Waals surface area contributed by atoms with Crippen molar-refractivity contribution in [3.8, 4) is 11.5 Å². The first-order valence-corrected chi connectivity index (χ1v) is 12.5. The van der Waals surface area contributed by atoms with E-state index in [4.69, 9.17) is 9.47 Å². The minimum atomic E-state index is -1.08. The van der Waals surface area contributed by atoms with E-state index in [-0.39, 0.29) is 36.6 Å². The van der Waals surface area contributed by atoms with Crippen LogP contribution in [0, 0.1) is 0 Å². The van der Waals surface area contributed by atoms with Crippen LogP contribution in [-0.4, -0.2) is 64.7 Å². The molecule has 1 saturated carbocycles. The Balaban J connectivity index is 1.52. The molecule has 0 spiro atoms. The summed E-state index contributed by atoms with van der Waals surface area (Å²) < 4.78 is 12.1. The third-order valence-electron chi connectivity index (χ3n) is 7.09. The number of fused-ring (bicyclic) bond motifs is 1. The molecule has 2 heterocycles. The van der Waals surface area contributed by atoms with Crippen LogP contribution in [0.5, 0.6) is 11.5 Å². The summed E-state index contributed by atoms with van der Waals surface area (Å²) in [6, 6.07) is 6.99. The lowest BCUT2D eigenvalue weighted by molar-refractivity contribution is -0.133. The van der Waals surface area contributed by atoms with Crippen molar-refractivity contribution >= 4 is 17.7 Å². The Morgan fingerprint density at radius 1 is 1.17 bits per heavy atom. The van der Waals surface area contributed by atoms with Crippen LogP contribution in [0.25, 0.3) is 0 Å². The molecule has 194 valence electrons. The Labute approximate surface area is 211 Å². The van der Waals surface area contributed by atoms with Gasteiger partial charge in [-0.1, -0.05) is 19.8 Å². The van der Waals surface area contributed by atoms with Crippen molar-refractivity contribution in [2.45, 2.75) is 70.6 Å². The van der Waals surface area contributed by atoms with Crippen LogP contribution in [0.15, 0.2) is 24.3 Å². The molecule has 0 radical (unpaired) electrons. The molecule has 2 aliphatic rings. The number of hydrogen-bond acceptors (Lipinski definition) is 6. The average molecular weight is 498 g/mol. The molecule has 10 nitrogen and oxygen atoms in total. The highest BCUT2D eigenvalue weighted by atomic mass is 16.5. The number of amides is 3. The molecule has 1 fully saturated rings. The van der Waals surface area contributed by atoms with E-state index in [9.17, 15) is 14.4 Å². The Kier molecular flexibility index (Phi) is 7.51. The number of hydrogen-bond donors (Lipinski definition) is 2. The molecule has 2 N–H and O–H groups in total. The molecule has 1 aliphatic heterocycles. The summed E-state index contributed by atoms with van der Waals surface area (Å²) >= 11 is 0. The summed E-state index contributed by atoms with van der Waals surface area (Å²) in [7, 11) is 3.13. The lowest BCUT2D eigenvalue weighted by atomic mass is 9.94. The van der Waals surface area contributed by atoms with Crippen molar-refractivity contribution in [1.29, 1.82) is 0 Å². The zero-order valence-corrected chi connectivity index (χ0v) is 21.4. The monoisotopic (exact) mass is 497 g/mol. The first-order valence-electron chi connectivity index (χ1n) is 12.5. The first kappa shape index (κ1) is 25.5. The number of nitrogens with one attached hydrogen (secondary N) is 2. The van der Waals surface area contributed by atoms with E-state index in [1.165, 1.54) is 10.7 Å². The zero-order valence-electron chi connectivity index (χ0n) is 21.4. The molecule has 1 atom stereocenters. The predicted molar refractivity (Wildman–Crippen MR) is 133 cm³/mol. The first-order chi connectivity index (χ1) is 17.3. The summed E-state index contributed by atoms with van der Waals surface area (Å²) in [5.41, 5.74) is 0.125. The maximum atomic E-state index is 13.4. The average Bonchev–Trinajstić information content (AvgIpc) is 3.55. The van der Waals surface area contributed by atoms with Gasteiger partial charge >= 0.3 is 0 Å². The molecule has 1 unspecified atom stereocenters. The van der Waals surface area contributed by atoms with E-state index in [0.717, 1.165) is 31.2 Å². The molecule has 3 amide bonds. The van der Waals surface area contributed by atoms with Gasteiger partial charge in [-0.15, -0.1) is 0 Å². The summed E-state index contributed by atoms with van der Waals surface area (Å²) in [5.74, 6) is 0.360. The van der Waals surface area contributed by atoms with Crippen LogP contribution in [0.4, 0.5) is 0 Å². The summed E-state index contributed by atoms with van der Waals surface area (Å²) in [5, 5.41) is 10.4. The number of aromatic nitrogens is 2. The molecule has 0 bridgehead atoms. The van der Waals surface area contributed by atoms with E-state index in [0.29, 0.717) is 30.2 Å². The standard InChI is InChI=1S/C26H35N5O5/c1-5-12-30-24(33)21-14-20(23(32)27-15-17-10-11-19(35-3)13-22(17)36-4)29-31(21)16-26(30,2)25(34)28-18-8-6-7-9-18/h10-11,13-14,18H,5-9,12,15-16H2,1-4H3,(H,27,32)(H,28,34). The van der Waals surface area contributed by atoms with Gasteiger partial charge in [-0.3, -0.25) is 19.1 Å². The molecule has 1 aromatic heterocycles. The topological polar surface area (TPSA) is 115 Å². The molecule has 36 heavy (non-hydrogen) atoms. The van der Waals surface area contributed by atoms with Gasteiger partial charge in [0.2, 0.25) is 5.91 Å². The summed E-state index contributed by atoms with van der Waals surface area (Å²) in [6.07, 6.45) is 4.83. The van der Waals surface area contributed by atoms with Crippen LogP contribution in [-0.2, 0) is 17.9 Å². The molecule has 1 aromatic carbocycles. The normalized spacial score (nSPS) is 19.7. The second-order valence-corrected chi connectivity index (χ2v) is 9.62. The minimum absolute atomic E-state index is 0.128. The number of carbonyl (C=O) groups is 3. The third-order valence-corrected chi connectivity index (χ3v) is 7.09. The van der Waals surface area contributed by atoms with Gasteiger partial charge in [-0.2, -0.15) is 5.10 Å². The fourth-order valence-corrected chi connectivity index (χ4v) is 5.00. The van der Waals surface area contributed by atoms with Gasteiger partial charge < -0.3 is 25.0 Å². The predicted octanol–water partition coefficient (Wildman–Crippen LogP) is 2.51. The Morgan fingerprint density at radius 3 is 2.58 bits per heavy atom. The van der Waals surface area contributed by atoms with Crippen molar-refractivity contribution in [3.63, 3.8) is 0 Å². The van der Waals surface area contributed by atoms with E-state index < -0.39 is 11.4 Å². The van der Waals surface area contributed by atoms with E-state index >= 15 is 0 Å². The van der Waals surface area contributed by atoms with Crippen molar-refractivity contribution in [2.75, 3.05) is 20.8 Å². The number of benzene rings is 1. The van der Waals surface area contributed by atoms with Crippen molar-refractivity contribution in [2.24, 2.45) is 0 Å². The number of ether oxygens (including phenoxy) is 2. The lowest BCUT2D eigenvalue weighted by Crippen LogP contribution is -2.65. The fraction of sp³-hybridized carbons (Fsp3) is 0.538. The van der Waals surface area contributed by atoms with Crippen LogP contribution in [0.1, 0.15) is 72.5 Å². The van der Waals surface area contributed by atoms with E-state index in [1.54, 1.807) is 38.2 Å². The molecular weight excluding hydrogens is 462 g/mol. The highest BCUT2D eigenvalue weighted by Crippen LogP contribution is 2.29. The van der Waals surface area contributed by atoms with Crippen LogP contribution in [0.3, 0.4) is 0 Å². The maximum Gasteiger partial charge on any atom is 0.273 e. The second-order valence-electron chi connectivity index (χ2n) is 9.62. The number of nitrogens with zero attached hydrogens (tertiary/aromatic N) is 3. The number of rotatable bonds is 9. The van der Waals surface area contributed by atoms with Crippen LogP contribution < -0.4 is 20.1 Å². The van der Waals surface area contributed by atoms with E-state index in [2.05, 4.69) is 15.7 Å². The minimum Gasteiger partial charge on any atom is -0.497 e. The van der Waals surface area contributed by atoms with Gasteiger partial charge in [0.1, 0.15) is 22.7 Å². The van der Waals surface area contributed by atoms with Gasteiger partial charge in [0.15, 0.2) is 5.69 Å². The number of methoxy groups -OCH3 is 2. The van der Waals surface area contributed by atoms with Crippen LogP contribution >= 0.6 is 0 Å². The molecule has 10 heteroatoms. The zero-order chi connectivity index (χ0) is 25.9. The smallest absolute Gasteiger partial charge is 0.273 e. The maximum absolute atomic E-state index is 13.4. The summed E-state index contributed by atoms with van der Waals surface area (Å²) in [6.45, 7) is 4.60. The number of carbonyl (C=O) groups excluding carboxylic acids is 3. The Hall–Kier alpha value is -3.56. The SMILES string of the molecule is CCCN1C(=O)c2cc(C(=O)NCc3ccc(OC)cc3OC)nn2CC1(C)C(=O)NC1CCCC1. The summed E-state index contributed by atoms with van der Waals surface area (Å²) in [4.78, 5) is 41.4. The van der Waals surface area contributed by atoms with Gasteiger partial charge in [-0.25, -0.2) is 0 Å². The highest BCUT2D eigenvalue weighted by Gasteiger charge is 2.48. The molecular formula is C26H35N5O5. The van der Waals surface area contributed by atoms with Gasteiger partial charge in [0.05, 0.1) is 20.8 Å². The molecule has 0 saturated heterocycles. The Morgan fingerprint density at radius 2 is 1.92 bits per heavy atom. The van der Waals surface area contributed by atoms with Gasteiger partial charge in [0, 0.05) is 36.8 Å². The largest absolute Gasteiger partial charge is 0.497 e. The molecule has 4 rings (SSSR count). The van der Waals surface area contributed by atoms with Gasteiger partial charge in [0.25, 0.3) is 11.8 Å². The van der Waals surface area contributed by atoms with Crippen molar-refractivity contribution in [3.05, 3.63) is 41.2 Å². The van der Waals surface area contributed by atoms with Crippen LogP contribution in [0.2, 0.25) is 0 Å². The van der Waals surface area contributed by atoms with Crippen molar-refractivity contribution in [1.82, 2.24) is 25.3 Å². The second kappa shape index (κ2) is 10.6. The van der Waals surface area contributed by atoms with Crippen molar-refractivity contribution < 1.29 is 23.9 Å². The highest BCUT2D eigenvalue weighted by molar-refractivity contribution is 6.02.